The molecule has 0 bridgehead atoms. The van der Waals surface area contributed by atoms with Gasteiger partial charge in [-0.15, -0.1) is 0 Å². The Kier molecular flexibility index (Phi) is 4.79. The first kappa shape index (κ1) is 17.8. The van der Waals surface area contributed by atoms with Gasteiger partial charge in [-0.05, 0) is 20.8 Å². The molecule has 136 valence electrons. The van der Waals surface area contributed by atoms with E-state index in [-0.39, 0.29) is 6.04 Å². The summed E-state index contributed by atoms with van der Waals surface area (Å²) in [6, 6.07) is 1.99. The van der Waals surface area contributed by atoms with Crippen molar-refractivity contribution in [3.8, 4) is 5.95 Å². The van der Waals surface area contributed by atoms with Gasteiger partial charge in [0.05, 0.1) is 24.9 Å². The Hall–Kier alpha value is -2.00. The second kappa shape index (κ2) is 6.72. The first-order valence-corrected chi connectivity index (χ1v) is 10.5. The van der Waals surface area contributed by atoms with E-state index in [4.69, 9.17) is 9.72 Å². The average Bonchev–Trinajstić information content (AvgIpc) is 2.85. The zero-order valence-electron chi connectivity index (χ0n) is 15.3. The van der Waals surface area contributed by atoms with Gasteiger partial charge in [-0.1, -0.05) is 0 Å². The molecule has 0 aliphatic carbocycles. The summed E-state index contributed by atoms with van der Waals surface area (Å²) >= 11 is 0. The van der Waals surface area contributed by atoms with Gasteiger partial charge in [-0.3, -0.25) is 4.57 Å². The molecule has 9 heteroatoms. The third-order valence-corrected chi connectivity index (χ3v) is 4.76. The topological polar surface area (TPSA) is 85.5 Å². The molecule has 1 aliphatic rings. The van der Waals surface area contributed by atoms with Crippen LogP contribution in [0.4, 0.5) is 11.6 Å². The van der Waals surface area contributed by atoms with Crippen LogP contribution < -0.4 is 4.90 Å². The van der Waals surface area contributed by atoms with Crippen molar-refractivity contribution in [2.75, 3.05) is 37.2 Å². The molecule has 0 spiro atoms. The number of morpholine rings is 1. The number of aromatic nitrogens is 4. The summed E-state index contributed by atoms with van der Waals surface area (Å²) in [6.07, 6.45) is 4.89. The van der Waals surface area contributed by atoms with Crippen LogP contribution >= 0.6 is 0 Å². The van der Waals surface area contributed by atoms with Crippen LogP contribution in [0, 0.1) is 13.8 Å². The number of nitrogens with zero attached hydrogens (tertiary/aromatic N) is 6. The Morgan fingerprint density at radius 2 is 2.08 bits per heavy atom. The molecule has 0 saturated carbocycles. The maximum atomic E-state index is 12.1. The van der Waals surface area contributed by atoms with Crippen LogP contribution in [0.25, 0.3) is 5.95 Å². The van der Waals surface area contributed by atoms with E-state index in [1.54, 1.807) is 24.9 Å². The molecule has 1 saturated heterocycles. The number of ether oxygens (including phenoxy) is 1. The third kappa shape index (κ3) is 3.98. The lowest BCUT2D eigenvalue weighted by Crippen LogP contribution is -2.44. The fraction of sp³-hybridized carbons (Fsp3) is 0.562. The molecule has 8 nitrogen and oxygen atoms in total. The smallest absolute Gasteiger partial charge is 0.239 e. The highest BCUT2D eigenvalue weighted by molar-refractivity contribution is 7.92. The number of hydrogen-bond acceptors (Lipinski definition) is 7. The van der Waals surface area contributed by atoms with Crippen LogP contribution in [0.3, 0.4) is 0 Å². The lowest BCUT2D eigenvalue weighted by Gasteiger charge is -2.34. The molecule has 0 N–H and O–H groups in total. The Morgan fingerprint density at radius 1 is 1.32 bits per heavy atom. The van der Waals surface area contributed by atoms with Gasteiger partial charge >= 0.3 is 0 Å². The molecule has 1 aliphatic heterocycles. The minimum Gasteiger partial charge on any atom is -0.377 e. The average molecular weight is 364 g/mol. The molecule has 3 rings (SSSR count). The molecule has 1 atom stereocenters. The lowest BCUT2D eigenvalue weighted by molar-refractivity contribution is 0.0985. The van der Waals surface area contributed by atoms with Gasteiger partial charge in [0.1, 0.15) is 12.1 Å². The predicted molar refractivity (Wildman–Crippen MR) is 98.3 cm³/mol. The van der Waals surface area contributed by atoms with Crippen molar-refractivity contribution in [1.82, 2.24) is 19.5 Å². The van der Waals surface area contributed by atoms with Crippen LogP contribution in [0.5, 0.6) is 0 Å². The molecular formula is C16H24N6O2S. The SMILES string of the molecule is Cc1ncn(-c2nc(N=S(C)(C)=O)cc(N3CCOC[C@H]3C)n2)c1C. The fourth-order valence-electron chi connectivity index (χ4n) is 2.70. The van der Waals surface area contributed by atoms with E-state index in [1.165, 1.54) is 0 Å². The standard InChI is InChI=1S/C16H24N6O2S/c1-11-9-24-7-6-21(11)15-8-14(20-25(4,5)23)18-16(19-15)22-10-17-12(2)13(22)3/h8,10-11H,6-7,9H2,1-5H3/t11-/m1/s1. The maximum absolute atomic E-state index is 12.1. The fourth-order valence-corrected chi connectivity index (χ4v) is 3.25. The third-order valence-electron chi connectivity index (χ3n) is 4.13. The molecule has 0 unspecified atom stereocenters. The zero-order valence-corrected chi connectivity index (χ0v) is 16.1. The summed E-state index contributed by atoms with van der Waals surface area (Å²) < 4.78 is 23.8. The van der Waals surface area contributed by atoms with E-state index in [0.29, 0.717) is 25.0 Å². The molecule has 0 radical (unpaired) electrons. The number of imidazole rings is 1. The van der Waals surface area contributed by atoms with Crippen LogP contribution in [-0.4, -0.2) is 62.0 Å². The van der Waals surface area contributed by atoms with Crippen molar-refractivity contribution in [2.45, 2.75) is 26.8 Å². The highest BCUT2D eigenvalue weighted by Gasteiger charge is 2.22. The first-order valence-electron chi connectivity index (χ1n) is 8.16. The zero-order chi connectivity index (χ0) is 18.2. The van der Waals surface area contributed by atoms with Gasteiger partial charge in [0.25, 0.3) is 0 Å². The van der Waals surface area contributed by atoms with E-state index in [9.17, 15) is 4.21 Å². The first-order chi connectivity index (χ1) is 11.7. The van der Waals surface area contributed by atoms with Gasteiger partial charge in [-0.25, -0.2) is 9.19 Å². The second-order valence-electron chi connectivity index (χ2n) is 6.56. The highest BCUT2D eigenvalue weighted by Crippen LogP contribution is 2.24. The van der Waals surface area contributed by atoms with Crippen molar-refractivity contribution >= 4 is 21.4 Å². The van der Waals surface area contributed by atoms with Crippen molar-refractivity contribution in [1.29, 1.82) is 0 Å². The summed E-state index contributed by atoms with van der Waals surface area (Å²) in [5.74, 6) is 1.66. The number of rotatable bonds is 3. The van der Waals surface area contributed by atoms with Gasteiger partial charge in [0.2, 0.25) is 5.95 Å². The minimum absolute atomic E-state index is 0.197. The molecule has 25 heavy (non-hydrogen) atoms. The Bertz CT molecular complexity index is 892. The molecule has 0 aromatic carbocycles. The van der Waals surface area contributed by atoms with E-state index in [1.807, 2.05) is 18.4 Å². The van der Waals surface area contributed by atoms with Crippen molar-refractivity contribution in [3.05, 3.63) is 23.8 Å². The van der Waals surface area contributed by atoms with Gasteiger partial charge in [0, 0.05) is 40.5 Å². The van der Waals surface area contributed by atoms with E-state index in [2.05, 4.69) is 26.2 Å². The minimum atomic E-state index is -2.33. The Labute approximate surface area is 148 Å². The lowest BCUT2D eigenvalue weighted by atomic mass is 10.2. The predicted octanol–water partition coefficient (Wildman–Crippen LogP) is 1.86. The monoisotopic (exact) mass is 364 g/mol. The Morgan fingerprint density at radius 3 is 2.68 bits per heavy atom. The van der Waals surface area contributed by atoms with Crippen LogP contribution in [0.15, 0.2) is 16.8 Å². The van der Waals surface area contributed by atoms with Crippen LogP contribution in [0.1, 0.15) is 18.3 Å². The van der Waals surface area contributed by atoms with Gasteiger partial charge in [0.15, 0.2) is 5.82 Å². The molecular weight excluding hydrogens is 340 g/mol. The second-order valence-corrected chi connectivity index (χ2v) is 9.10. The maximum Gasteiger partial charge on any atom is 0.239 e. The number of hydrogen-bond donors (Lipinski definition) is 0. The number of aryl methyl sites for hydroxylation is 1. The molecule has 3 heterocycles. The number of anilines is 1. The summed E-state index contributed by atoms with van der Waals surface area (Å²) in [5, 5.41) is 0. The van der Waals surface area contributed by atoms with Crippen LogP contribution in [0.2, 0.25) is 0 Å². The van der Waals surface area contributed by atoms with E-state index >= 15 is 0 Å². The molecule has 1 fully saturated rings. The largest absolute Gasteiger partial charge is 0.377 e. The van der Waals surface area contributed by atoms with Crippen LogP contribution in [-0.2, 0) is 14.5 Å². The summed E-state index contributed by atoms with van der Waals surface area (Å²) in [5.41, 5.74) is 1.88. The van der Waals surface area contributed by atoms with Crippen molar-refractivity contribution in [3.63, 3.8) is 0 Å². The van der Waals surface area contributed by atoms with E-state index < -0.39 is 9.73 Å². The van der Waals surface area contributed by atoms with Crippen molar-refractivity contribution in [2.24, 2.45) is 4.36 Å². The van der Waals surface area contributed by atoms with Crippen molar-refractivity contribution < 1.29 is 8.95 Å². The van der Waals surface area contributed by atoms with E-state index in [0.717, 1.165) is 23.8 Å². The van der Waals surface area contributed by atoms with Gasteiger partial charge < -0.3 is 9.64 Å². The van der Waals surface area contributed by atoms with Gasteiger partial charge in [-0.2, -0.15) is 14.3 Å². The normalized spacial score (nSPS) is 18.4. The Balaban J connectivity index is 2.15. The molecule has 2 aromatic heterocycles. The summed E-state index contributed by atoms with van der Waals surface area (Å²) in [7, 11) is -2.33. The highest BCUT2D eigenvalue weighted by atomic mass is 32.2. The molecule has 0 amide bonds. The molecule has 2 aromatic rings. The summed E-state index contributed by atoms with van der Waals surface area (Å²) in [6.45, 7) is 8.04. The quantitative estimate of drug-likeness (QED) is 0.826. The summed E-state index contributed by atoms with van der Waals surface area (Å²) in [4.78, 5) is 15.7.